The third-order valence-corrected chi connectivity index (χ3v) is 8.85. The molecule has 29 heavy (non-hydrogen) atoms. The summed E-state index contributed by atoms with van der Waals surface area (Å²) < 4.78 is 27.3. The molecule has 2 aliphatic heterocycles. The third kappa shape index (κ3) is 5.19. The van der Waals surface area contributed by atoms with Gasteiger partial charge in [0.2, 0.25) is 11.8 Å². The van der Waals surface area contributed by atoms with Crippen molar-refractivity contribution in [3.05, 3.63) is 17.5 Å². The van der Waals surface area contributed by atoms with Crippen LogP contribution < -0.4 is 5.32 Å². The molecule has 2 saturated heterocycles. The maximum absolute atomic E-state index is 12.8. The Morgan fingerprint density at radius 2 is 1.83 bits per heavy atom. The Morgan fingerprint density at radius 3 is 2.41 bits per heavy atom. The monoisotopic (exact) mass is 441 g/mol. The molecule has 0 spiro atoms. The fraction of sp³-hybridized carbons (Fsp3) is 0.700. The molecule has 162 valence electrons. The van der Waals surface area contributed by atoms with Crippen molar-refractivity contribution in [1.82, 2.24) is 14.5 Å². The lowest BCUT2D eigenvalue weighted by atomic mass is 9.92. The Morgan fingerprint density at radius 1 is 1.14 bits per heavy atom. The van der Waals surface area contributed by atoms with Crippen molar-refractivity contribution in [2.45, 2.75) is 56.7 Å². The molecule has 1 aromatic rings. The molecular weight excluding hydrogens is 410 g/mol. The molecule has 3 rings (SSSR count). The van der Waals surface area contributed by atoms with Gasteiger partial charge >= 0.3 is 0 Å². The van der Waals surface area contributed by atoms with Crippen LogP contribution in [0.25, 0.3) is 0 Å². The van der Waals surface area contributed by atoms with E-state index in [2.05, 4.69) is 5.32 Å². The minimum Gasteiger partial charge on any atom is -0.353 e. The molecule has 2 aliphatic rings. The Hall–Kier alpha value is -1.45. The number of hydrogen-bond acceptors (Lipinski definition) is 5. The number of nitrogens with one attached hydrogen (secondary N) is 1. The van der Waals surface area contributed by atoms with Gasteiger partial charge in [0, 0.05) is 37.6 Å². The van der Waals surface area contributed by atoms with Gasteiger partial charge in [0.15, 0.2) is 0 Å². The molecule has 0 saturated carbocycles. The Bertz CT molecular complexity index is 822. The van der Waals surface area contributed by atoms with Gasteiger partial charge in [-0.1, -0.05) is 26.8 Å². The van der Waals surface area contributed by atoms with Crippen LogP contribution in [-0.4, -0.2) is 61.7 Å². The molecule has 1 atom stereocenters. The van der Waals surface area contributed by atoms with Crippen molar-refractivity contribution in [2.24, 2.45) is 11.3 Å². The van der Waals surface area contributed by atoms with E-state index < -0.39 is 15.4 Å². The number of carbonyl (C=O) groups excluding carboxylic acids is 2. The number of piperidine rings is 2. The first-order chi connectivity index (χ1) is 13.6. The van der Waals surface area contributed by atoms with E-state index in [-0.39, 0.29) is 30.3 Å². The minimum atomic E-state index is -3.52. The van der Waals surface area contributed by atoms with Gasteiger partial charge in [-0.15, -0.1) is 11.3 Å². The standard InChI is InChI=1S/C20H31N3O4S2/c1-20(2,3)19(25)22-11-8-16(9-12-22)21-18(24)15-6-4-10-23(14-15)29(26,27)17-7-5-13-28-17/h5,7,13,15-16H,4,6,8-12,14H2,1-3H3,(H,21,24). The van der Waals surface area contributed by atoms with Crippen LogP contribution in [0.1, 0.15) is 46.5 Å². The fourth-order valence-corrected chi connectivity index (χ4v) is 6.60. The zero-order valence-corrected chi connectivity index (χ0v) is 19.0. The molecule has 7 nitrogen and oxygen atoms in total. The molecule has 1 N–H and O–H groups in total. The van der Waals surface area contributed by atoms with Gasteiger partial charge in [0.25, 0.3) is 10.0 Å². The summed E-state index contributed by atoms with van der Waals surface area (Å²) >= 11 is 1.20. The summed E-state index contributed by atoms with van der Waals surface area (Å²) in [6, 6.07) is 3.37. The van der Waals surface area contributed by atoms with E-state index in [0.29, 0.717) is 36.7 Å². The normalized spacial score (nSPS) is 22.4. The first-order valence-corrected chi connectivity index (χ1v) is 12.5. The molecule has 1 unspecified atom stereocenters. The molecule has 2 fully saturated rings. The van der Waals surface area contributed by atoms with E-state index >= 15 is 0 Å². The summed E-state index contributed by atoms with van der Waals surface area (Å²) in [6.07, 6.45) is 2.85. The van der Waals surface area contributed by atoms with Gasteiger partial charge < -0.3 is 10.2 Å². The number of hydrogen-bond donors (Lipinski definition) is 1. The minimum absolute atomic E-state index is 0.0378. The zero-order valence-electron chi connectivity index (χ0n) is 17.4. The van der Waals surface area contributed by atoms with Gasteiger partial charge in [0.1, 0.15) is 4.21 Å². The number of thiophene rings is 1. The molecular formula is C20H31N3O4S2. The van der Waals surface area contributed by atoms with E-state index in [0.717, 1.165) is 12.8 Å². The molecule has 2 amide bonds. The van der Waals surface area contributed by atoms with E-state index in [9.17, 15) is 18.0 Å². The summed E-state index contributed by atoms with van der Waals surface area (Å²) in [6.45, 7) is 7.73. The Balaban J connectivity index is 1.53. The maximum Gasteiger partial charge on any atom is 0.252 e. The average molecular weight is 442 g/mol. The van der Waals surface area contributed by atoms with Crippen LogP contribution in [0.15, 0.2) is 21.7 Å². The van der Waals surface area contributed by atoms with E-state index in [1.165, 1.54) is 15.6 Å². The van der Waals surface area contributed by atoms with Crippen molar-refractivity contribution in [2.75, 3.05) is 26.2 Å². The number of nitrogens with zero attached hydrogens (tertiary/aromatic N) is 2. The summed E-state index contributed by atoms with van der Waals surface area (Å²) in [4.78, 5) is 27.1. The summed E-state index contributed by atoms with van der Waals surface area (Å²) in [5.74, 6) is -0.256. The fourth-order valence-electron chi connectivity index (χ4n) is 3.93. The lowest BCUT2D eigenvalue weighted by Gasteiger charge is -2.37. The van der Waals surface area contributed by atoms with Crippen LogP contribution in [0, 0.1) is 11.3 Å². The summed E-state index contributed by atoms with van der Waals surface area (Å²) in [7, 11) is -3.52. The highest BCUT2D eigenvalue weighted by molar-refractivity contribution is 7.91. The van der Waals surface area contributed by atoms with Crippen LogP contribution in [0.5, 0.6) is 0 Å². The molecule has 0 aromatic carbocycles. The van der Waals surface area contributed by atoms with Gasteiger partial charge in [-0.3, -0.25) is 9.59 Å². The SMILES string of the molecule is CC(C)(C)C(=O)N1CCC(NC(=O)C2CCCN(S(=O)(=O)c3cccs3)C2)CC1. The van der Waals surface area contributed by atoms with Crippen molar-refractivity contribution in [3.8, 4) is 0 Å². The lowest BCUT2D eigenvalue weighted by molar-refractivity contribution is -0.140. The first-order valence-electron chi connectivity index (χ1n) is 10.2. The van der Waals surface area contributed by atoms with Gasteiger partial charge in [-0.05, 0) is 37.1 Å². The van der Waals surface area contributed by atoms with Crippen LogP contribution in [0.4, 0.5) is 0 Å². The zero-order chi connectivity index (χ0) is 21.2. The number of carbonyl (C=O) groups is 2. The predicted molar refractivity (Wildman–Crippen MR) is 113 cm³/mol. The topological polar surface area (TPSA) is 86.8 Å². The predicted octanol–water partition coefficient (Wildman–Crippen LogP) is 2.30. The largest absolute Gasteiger partial charge is 0.353 e. The second kappa shape index (κ2) is 8.73. The second-order valence-electron chi connectivity index (χ2n) is 8.96. The van der Waals surface area contributed by atoms with E-state index in [1.807, 2.05) is 25.7 Å². The Labute approximate surface area is 177 Å². The van der Waals surface area contributed by atoms with Crippen LogP contribution in [0.3, 0.4) is 0 Å². The van der Waals surface area contributed by atoms with Gasteiger partial charge in [-0.25, -0.2) is 8.42 Å². The number of likely N-dealkylation sites (tertiary alicyclic amines) is 1. The van der Waals surface area contributed by atoms with Gasteiger partial charge in [0.05, 0.1) is 5.92 Å². The summed E-state index contributed by atoms with van der Waals surface area (Å²) in [5.41, 5.74) is -0.393. The van der Waals surface area contributed by atoms with Crippen molar-refractivity contribution in [3.63, 3.8) is 0 Å². The highest BCUT2D eigenvalue weighted by Crippen LogP contribution is 2.27. The molecule has 3 heterocycles. The van der Waals surface area contributed by atoms with Crippen molar-refractivity contribution < 1.29 is 18.0 Å². The highest BCUT2D eigenvalue weighted by Gasteiger charge is 2.35. The summed E-state index contributed by atoms with van der Waals surface area (Å²) in [5, 5.41) is 4.85. The molecule has 0 aliphatic carbocycles. The number of rotatable bonds is 4. The van der Waals surface area contributed by atoms with Crippen LogP contribution >= 0.6 is 11.3 Å². The maximum atomic E-state index is 12.8. The quantitative estimate of drug-likeness (QED) is 0.777. The number of sulfonamides is 1. The smallest absolute Gasteiger partial charge is 0.252 e. The number of amides is 2. The molecule has 1 aromatic heterocycles. The average Bonchev–Trinajstić information content (AvgIpc) is 3.23. The van der Waals surface area contributed by atoms with Crippen molar-refractivity contribution in [1.29, 1.82) is 0 Å². The Kier molecular flexibility index (Phi) is 6.70. The lowest BCUT2D eigenvalue weighted by Crippen LogP contribution is -2.52. The van der Waals surface area contributed by atoms with Crippen molar-refractivity contribution >= 4 is 33.2 Å². The second-order valence-corrected chi connectivity index (χ2v) is 12.1. The first kappa shape index (κ1) is 22.2. The van der Waals surface area contributed by atoms with Crippen LogP contribution in [-0.2, 0) is 19.6 Å². The molecule has 0 radical (unpaired) electrons. The van der Waals surface area contributed by atoms with Gasteiger partial charge in [-0.2, -0.15) is 4.31 Å². The molecule has 9 heteroatoms. The molecule has 0 bridgehead atoms. The van der Waals surface area contributed by atoms with E-state index in [4.69, 9.17) is 0 Å². The highest BCUT2D eigenvalue weighted by atomic mass is 32.2. The van der Waals surface area contributed by atoms with E-state index in [1.54, 1.807) is 17.5 Å². The third-order valence-electron chi connectivity index (χ3n) is 5.61. The van der Waals surface area contributed by atoms with Crippen LogP contribution in [0.2, 0.25) is 0 Å².